The number of nitriles is 1. The lowest BCUT2D eigenvalue weighted by Crippen LogP contribution is -2.34. The third kappa shape index (κ3) is 2.97. The van der Waals surface area contributed by atoms with Gasteiger partial charge in [0.25, 0.3) is 5.91 Å². The molecule has 1 aromatic heterocycles. The molecule has 1 spiro atoms. The van der Waals surface area contributed by atoms with Crippen LogP contribution in [0, 0.1) is 23.7 Å². The van der Waals surface area contributed by atoms with Gasteiger partial charge in [-0.15, -0.1) is 0 Å². The van der Waals surface area contributed by atoms with E-state index >= 15 is 0 Å². The first kappa shape index (κ1) is 17.3. The van der Waals surface area contributed by atoms with Crippen molar-refractivity contribution in [3.8, 4) is 6.07 Å². The Morgan fingerprint density at radius 2 is 2.00 bits per heavy atom. The van der Waals surface area contributed by atoms with Crippen molar-refractivity contribution in [2.24, 2.45) is 12.5 Å². The zero-order valence-electron chi connectivity index (χ0n) is 15.5. The van der Waals surface area contributed by atoms with Crippen molar-refractivity contribution in [2.45, 2.75) is 19.8 Å². The number of carbonyl (C=O) groups is 2. The van der Waals surface area contributed by atoms with Crippen LogP contribution in [0.15, 0.2) is 30.5 Å². The summed E-state index contributed by atoms with van der Waals surface area (Å²) in [5.41, 5.74) is 2.54. The molecule has 4 rings (SSSR count). The Morgan fingerprint density at radius 3 is 2.63 bits per heavy atom. The molecule has 3 heterocycles. The molecule has 7 heteroatoms. The lowest BCUT2D eigenvalue weighted by molar-refractivity contribution is -0.117. The standard InChI is InChI=1S/C20H21N5O2/c1-14-17(11-23(2)22-14)19(27)24-8-7-20(12-24)9-18(26)25(13-20)16-5-3-15(10-21)4-6-16/h3-6,11H,7-9,12-13H2,1-2H3/t20-/m0/s1. The fourth-order valence-corrected chi connectivity index (χ4v) is 4.21. The molecule has 2 aliphatic rings. The van der Waals surface area contributed by atoms with Crippen LogP contribution in [0.5, 0.6) is 0 Å². The summed E-state index contributed by atoms with van der Waals surface area (Å²) in [5.74, 6) is 0.0633. The number of aryl methyl sites for hydroxylation is 2. The Bertz CT molecular complexity index is 956. The molecule has 0 saturated carbocycles. The van der Waals surface area contributed by atoms with Crippen molar-refractivity contribution in [1.82, 2.24) is 14.7 Å². The average molecular weight is 363 g/mol. The summed E-state index contributed by atoms with van der Waals surface area (Å²) in [4.78, 5) is 29.1. The molecule has 7 nitrogen and oxygen atoms in total. The van der Waals surface area contributed by atoms with Crippen molar-refractivity contribution in [2.75, 3.05) is 24.5 Å². The number of carbonyl (C=O) groups excluding carboxylic acids is 2. The highest BCUT2D eigenvalue weighted by Crippen LogP contribution is 2.42. The summed E-state index contributed by atoms with van der Waals surface area (Å²) in [5, 5.41) is 13.2. The van der Waals surface area contributed by atoms with Crippen molar-refractivity contribution >= 4 is 17.5 Å². The third-order valence-electron chi connectivity index (χ3n) is 5.60. The first-order chi connectivity index (χ1) is 12.9. The Morgan fingerprint density at radius 1 is 1.26 bits per heavy atom. The van der Waals surface area contributed by atoms with Crippen LogP contribution in [0.1, 0.15) is 34.5 Å². The second-order valence-electron chi connectivity index (χ2n) is 7.59. The minimum absolute atomic E-state index is 0.0123. The number of anilines is 1. The molecule has 138 valence electrons. The second kappa shape index (κ2) is 6.23. The Balaban J connectivity index is 1.50. The molecule has 0 bridgehead atoms. The largest absolute Gasteiger partial charge is 0.338 e. The van der Waals surface area contributed by atoms with Crippen molar-refractivity contribution < 1.29 is 9.59 Å². The molecular formula is C20H21N5O2. The topological polar surface area (TPSA) is 82.2 Å². The maximum absolute atomic E-state index is 12.9. The molecule has 2 amide bonds. The maximum Gasteiger partial charge on any atom is 0.257 e. The predicted octanol–water partition coefficient (Wildman–Crippen LogP) is 1.87. The summed E-state index contributed by atoms with van der Waals surface area (Å²) in [6, 6.07) is 9.16. The summed E-state index contributed by atoms with van der Waals surface area (Å²) in [6.45, 7) is 3.68. The van der Waals surface area contributed by atoms with E-state index in [0.717, 1.165) is 17.8 Å². The number of likely N-dealkylation sites (tertiary alicyclic amines) is 1. The Kier molecular flexibility index (Phi) is 3.99. The van der Waals surface area contributed by atoms with E-state index < -0.39 is 0 Å². The van der Waals surface area contributed by atoms with E-state index in [1.807, 2.05) is 24.0 Å². The zero-order valence-corrected chi connectivity index (χ0v) is 15.5. The van der Waals surface area contributed by atoms with Crippen molar-refractivity contribution in [1.29, 1.82) is 5.26 Å². The minimum atomic E-state index is -0.198. The van der Waals surface area contributed by atoms with Gasteiger partial charge >= 0.3 is 0 Å². The van der Waals surface area contributed by atoms with Gasteiger partial charge in [-0.25, -0.2) is 0 Å². The fourth-order valence-electron chi connectivity index (χ4n) is 4.21. The Labute approximate surface area is 157 Å². The molecule has 0 aliphatic carbocycles. The number of amides is 2. The number of rotatable bonds is 2. The summed E-state index contributed by atoms with van der Waals surface area (Å²) in [7, 11) is 1.81. The van der Waals surface area contributed by atoms with Gasteiger partial charge in [-0.1, -0.05) is 0 Å². The van der Waals surface area contributed by atoms with Gasteiger partial charge in [0.2, 0.25) is 5.91 Å². The van der Waals surface area contributed by atoms with Crippen LogP contribution in [0.4, 0.5) is 5.69 Å². The molecule has 2 saturated heterocycles. The first-order valence-corrected chi connectivity index (χ1v) is 9.01. The van der Waals surface area contributed by atoms with Crippen LogP contribution >= 0.6 is 0 Å². The third-order valence-corrected chi connectivity index (χ3v) is 5.60. The van der Waals surface area contributed by atoms with Gasteiger partial charge in [0, 0.05) is 50.4 Å². The number of hydrogen-bond donors (Lipinski definition) is 0. The van der Waals surface area contributed by atoms with Gasteiger partial charge in [0.1, 0.15) is 0 Å². The predicted molar refractivity (Wildman–Crippen MR) is 99.0 cm³/mol. The summed E-state index contributed by atoms with van der Waals surface area (Å²) >= 11 is 0. The molecule has 1 atom stereocenters. The molecular weight excluding hydrogens is 342 g/mol. The highest BCUT2D eigenvalue weighted by atomic mass is 16.2. The molecule has 0 N–H and O–H groups in total. The highest BCUT2D eigenvalue weighted by molar-refractivity contribution is 5.98. The molecule has 27 heavy (non-hydrogen) atoms. The van der Waals surface area contributed by atoms with Crippen molar-refractivity contribution in [3.63, 3.8) is 0 Å². The van der Waals surface area contributed by atoms with Crippen LogP contribution in [0.3, 0.4) is 0 Å². The molecule has 2 fully saturated rings. The summed E-state index contributed by atoms with van der Waals surface area (Å²) in [6.07, 6.45) is 3.02. The van der Waals surface area contributed by atoms with Gasteiger partial charge in [0.15, 0.2) is 0 Å². The molecule has 2 aliphatic heterocycles. The van der Waals surface area contributed by atoms with Crippen molar-refractivity contribution in [3.05, 3.63) is 47.3 Å². The normalized spacial score (nSPS) is 21.9. The number of aromatic nitrogens is 2. The van der Waals surface area contributed by atoms with Crippen LogP contribution in [-0.2, 0) is 11.8 Å². The van der Waals surface area contributed by atoms with Gasteiger partial charge in [0.05, 0.1) is 22.9 Å². The summed E-state index contributed by atoms with van der Waals surface area (Å²) < 4.78 is 1.65. The number of hydrogen-bond acceptors (Lipinski definition) is 4. The zero-order chi connectivity index (χ0) is 19.2. The molecule has 1 aromatic carbocycles. The van der Waals surface area contributed by atoms with Gasteiger partial charge in [-0.05, 0) is 37.6 Å². The van der Waals surface area contributed by atoms with Crippen LogP contribution in [0.25, 0.3) is 0 Å². The molecule has 0 radical (unpaired) electrons. The lowest BCUT2D eigenvalue weighted by atomic mass is 9.86. The van der Waals surface area contributed by atoms with Gasteiger partial charge < -0.3 is 9.80 Å². The van der Waals surface area contributed by atoms with E-state index in [2.05, 4.69) is 11.2 Å². The van der Waals surface area contributed by atoms with E-state index in [9.17, 15) is 9.59 Å². The lowest BCUT2D eigenvalue weighted by Gasteiger charge is -2.24. The monoisotopic (exact) mass is 363 g/mol. The van der Waals surface area contributed by atoms with Gasteiger partial charge in [-0.2, -0.15) is 10.4 Å². The van der Waals surface area contributed by atoms with E-state index in [0.29, 0.717) is 37.2 Å². The van der Waals surface area contributed by atoms with E-state index in [4.69, 9.17) is 5.26 Å². The van der Waals surface area contributed by atoms with Crippen LogP contribution < -0.4 is 4.90 Å². The molecule has 2 aromatic rings. The maximum atomic E-state index is 12.9. The molecule has 0 unspecified atom stereocenters. The van der Waals surface area contributed by atoms with Gasteiger partial charge in [-0.3, -0.25) is 14.3 Å². The van der Waals surface area contributed by atoms with Crippen LogP contribution in [-0.4, -0.2) is 46.1 Å². The SMILES string of the molecule is Cc1nn(C)cc1C(=O)N1CC[C@]2(CC(=O)N(c3ccc(C#N)cc3)C2)C1. The smallest absolute Gasteiger partial charge is 0.257 e. The second-order valence-corrected chi connectivity index (χ2v) is 7.59. The highest BCUT2D eigenvalue weighted by Gasteiger charge is 2.49. The Hall–Kier alpha value is -3.14. The fraction of sp³-hybridized carbons (Fsp3) is 0.400. The quantitative estimate of drug-likeness (QED) is 0.816. The first-order valence-electron chi connectivity index (χ1n) is 9.01. The van der Waals surface area contributed by atoms with E-state index in [-0.39, 0.29) is 17.2 Å². The van der Waals surface area contributed by atoms with E-state index in [1.165, 1.54) is 0 Å². The van der Waals surface area contributed by atoms with E-state index in [1.54, 1.807) is 35.0 Å². The van der Waals surface area contributed by atoms with Crippen LogP contribution in [0.2, 0.25) is 0 Å². The number of benzene rings is 1. The average Bonchev–Trinajstić information content (AvgIpc) is 3.32. The number of nitrogens with zero attached hydrogens (tertiary/aromatic N) is 5. The minimum Gasteiger partial charge on any atom is -0.338 e.